The quantitative estimate of drug-likeness (QED) is 0.285. The number of ether oxygens (including phenoxy) is 1. The molecule has 35 heavy (non-hydrogen) atoms. The van der Waals surface area contributed by atoms with E-state index in [-0.39, 0.29) is 59.5 Å². The molecule has 1 saturated carbocycles. The molecule has 1 aliphatic carbocycles. The van der Waals surface area contributed by atoms with Crippen molar-refractivity contribution in [3.05, 3.63) is 47.3 Å². The average molecular weight is 548 g/mol. The molecule has 2 heterocycles. The minimum atomic E-state index is -0.525. The molecule has 4 rings (SSSR count). The van der Waals surface area contributed by atoms with Crippen molar-refractivity contribution >= 4 is 49.2 Å². The predicted octanol–water partition coefficient (Wildman–Crippen LogP) is 4.90. The monoisotopic (exact) mass is 546 g/mol. The fourth-order valence-corrected chi connectivity index (χ4v) is 5.29. The summed E-state index contributed by atoms with van der Waals surface area (Å²) in [5, 5.41) is 0.149. The Balaban J connectivity index is 0.00000216. The molecule has 2 saturated heterocycles. The van der Waals surface area contributed by atoms with Crippen molar-refractivity contribution in [2.24, 2.45) is 11.8 Å². The van der Waals surface area contributed by atoms with Gasteiger partial charge in [0.15, 0.2) is 5.78 Å². The number of rotatable bonds is 8. The maximum atomic E-state index is 14.7. The molecule has 1 aromatic rings. The topological polar surface area (TPSA) is 49.9 Å². The maximum Gasteiger partial charge on any atom is 0.309 e. The second-order valence-corrected chi connectivity index (χ2v) is 10.1. The number of Topliss-reactive ketones (excluding diaryl/α,β-unsaturated/α-hetero) is 1. The fraction of sp³-hybridized carbons (Fsp3) is 0.615. The first-order valence-electron chi connectivity index (χ1n) is 12.3. The van der Waals surface area contributed by atoms with Gasteiger partial charge in [0, 0.05) is 36.4 Å². The van der Waals surface area contributed by atoms with Crippen molar-refractivity contribution in [1.29, 1.82) is 0 Å². The van der Waals surface area contributed by atoms with E-state index in [9.17, 15) is 14.0 Å². The van der Waals surface area contributed by atoms with Crippen LogP contribution in [-0.2, 0) is 14.3 Å². The molecule has 0 aromatic heterocycles. The van der Waals surface area contributed by atoms with Crippen molar-refractivity contribution in [3.8, 4) is 0 Å². The van der Waals surface area contributed by atoms with Crippen LogP contribution in [0.5, 0.6) is 0 Å². The lowest BCUT2D eigenvalue weighted by molar-refractivity contribution is -0.149. The van der Waals surface area contributed by atoms with Gasteiger partial charge >= 0.3 is 5.97 Å². The molecule has 3 aliphatic rings. The standard InChI is InChI=1S/C26H35FN2O3S.2ClH/c1-2-32-26(31)19-9-13-28(14-10-19)15-11-20-17-29(16-12-23(20)33)24(25(30)18-7-8-18)21-5-3-4-6-22(21)27;;/h3-6,11,18-19,23-24,33H,2,7-10,12-17H2,1H3;2*1H/b20-11+;;. The third-order valence-corrected chi connectivity index (χ3v) is 7.73. The molecule has 0 amide bonds. The molecule has 196 valence electrons. The van der Waals surface area contributed by atoms with E-state index in [0.717, 1.165) is 58.3 Å². The number of carbonyl (C=O) groups is 2. The summed E-state index contributed by atoms with van der Waals surface area (Å²) in [5.41, 5.74) is 1.69. The van der Waals surface area contributed by atoms with Gasteiger partial charge < -0.3 is 4.74 Å². The maximum absolute atomic E-state index is 14.7. The van der Waals surface area contributed by atoms with Crippen LogP contribution in [-0.4, -0.2) is 66.1 Å². The molecule has 0 N–H and O–H groups in total. The third kappa shape index (κ3) is 7.68. The van der Waals surface area contributed by atoms with Gasteiger partial charge in [-0.3, -0.25) is 19.4 Å². The van der Waals surface area contributed by atoms with Crippen LogP contribution >= 0.6 is 37.4 Å². The van der Waals surface area contributed by atoms with Crippen LogP contribution in [0.25, 0.3) is 0 Å². The second-order valence-electron chi connectivity index (χ2n) is 9.48. The summed E-state index contributed by atoms with van der Waals surface area (Å²) in [7, 11) is 0. The van der Waals surface area contributed by atoms with Crippen molar-refractivity contribution in [1.82, 2.24) is 9.80 Å². The summed E-state index contributed by atoms with van der Waals surface area (Å²) in [6.07, 6.45) is 6.54. The normalized spacial score (nSPS) is 23.7. The predicted molar refractivity (Wildman–Crippen MR) is 144 cm³/mol. The van der Waals surface area contributed by atoms with Crippen molar-refractivity contribution in [2.75, 3.05) is 39.3 Å². The molecule has 0 spiro atoms. The lowest BCUT2D eigenvalue weighted by Crippen LogP contribution is -2.43. The Labute approximate surface area is 226 Å². The molecule has 2 atom stereocenters. The second kappa shape index (κ2) is 14.0. The molecule has 2 unspecified atom stereocenters. The van der Waals surface area contributed by atoms with Crippen LogP contribution in [0.3, 0.4) is 0 Å². The summed E-state index contributed by atoms with van der Waals surface area (Å²) >= 11 is 4.81. The zero-order valence-electron chi connectivity index (χ0n) is 20.2. The van der Waals surface area contributed by atoms with Crippen LogP contribution < -0.4 is 0 Å². The average Bonchev–Trinajstić information content (AvgIpc) is 3.66. The molecule has 1 aromatic carbocycles. The van der Waals surface area contributed by atoms with Crippen LogP contribution in [0.4, 0.5) is 4.39 Å². The smallest absolute Gasteiger partial charge is 0.309 e. The first kappa shape index (κ1) is 30.1. The van der Waals surface area contributed by atoms with Crippen molar-refractivity contribution in [2.45, 2.75) is 50.3 Å². The molecule has 5 nitrogen and oxygen atoms in total. The zero-order valence-corrected chi connectivity index (χ0v) is 22.8. The van der Waals surface area contributed by atoms with Gasteiger partial charge in [0.05, 0.1) is 18.6 Å². The van der Waals surface area contributed by atoms with E-state index >= 15 is 0 Å². The van der Waals surface area contributed by atoms with Gasteiger partial charge in [-0.25, -0.2) is 4.39 Å². The van der Waals surface area contributed by atoms with Gasteiger partial charge in [-0.2, -0.15) is 12.6 Å². The highest BCUT2D eigenvalue weighted by atomic mass is 35.5. The Morgan fingerprint density at radius 2 is 1.77 bits per heavy atom. The van der Waals surface area contributed by atoms with Crippen LogP contribution in [0, 0.1) is 17.7 Å². The van der Waals surface area contributed by atoms with E-state index in [2.05, 4.69) is 15.9 Å². The van der Waals surface area contributed by atoms with Crippen LogP contribution in [0.15, 0.2) is 35.9 Å². The highest BCUT2D eigenvalue weighted by Gasteiger charge is 2.40. The van der Waals surface area contributed by atoms with Gasteiger partial charge in [0.1, 0.15) is 5.82 Å². The zero-order chi connectivity index (χ0) is 23.4. The van der Waals surface area contributed by atoms with Crippen LogP contribution in [0.1, 0.15) is 50.6 Å². The van der Waals surface area contributed by atoms with E-state index in [0.29, 0.717) is 18.7 Å². The first-order chi connectivity index (χ1) is 16.0. The highest BCUT2D eigenvalue weighted by molar-refractivity contribution is 7.81. The van der Waals surface area contributed by atoms with Gasteiger partial charge in [-0.15, -0.1) is 24.8 Å². The summed E-state index contributed by atoms with van der Waals surface area (Å²) in [5.74, 6) is -0.158. The number of carbonyl (C=O) groups excluding carboxylic acids is 2. The fourth-order valence-electron chi connectivity index (χ4n) is 4.99. The van der Waals surface area contributed by atoms with E-state index in [1.165, 1.54) is 11.6 Å². The third-order valence-electron chi connectivity index (χ3n) is 7.14. The van der Waals surface area contributed by atoms with E-state index in [1.807, 2.05) is 13.0 Å². The number of hydrogen-bond acceptors (Lipinski definition) is 6. The van der Waals surface area contributed by atoms with Gasteiger partial charge in [0.25, 0.3) is 0 Å². The Kier molecular flexibility index (Phi) is 12.0. The molecular formula is C26H37Cl2FN2O3S. The molecule has 2 aliphatic heterocycles. The number of thiol groups is 1. The minimum Gasteiger partial charge on any atom is -0.466 e. The number of likely N-dealkylation sites (tertiary alicyclic amines) is 2. The first-order valence-corrected chi connectivity index (χ1v) is 12.8. The van der Waals surface area contributed by atoms with Crippen molar-refractivity contribution in [3.63, 3.8) is 0 Å². The van der Waals surface area contributed by atoms with Gasteiger partial charge in [-0.05, 0) is 63.8 Å². The number of benzene rings is 1. The molecular weight excluding hydrogens is 510 g/mol. The Bertz CT molecular complexity index is 891. The lowest BCUT2D eigenvalue weighted by atomic mass is 9.93. The minimum absolute atomic E-state index is 0. The summed E-state index contributed by atoms with van der Waals surface area (Å²) in [6.45, 7) is 6.17. The van der Waals surface area contributed by atoms with E-state index in [4.69, 9.17) is 17.4 Å². The van der Waals surface area contributed by atoms with Crippen molar-refractivity contribution < 1.29 is 18.7 Å². The molecule has 9 heteroatoms. The SMILES string of the molecule is CCOC(=O)C1CCN(C/C=C2\CN(C(C(=O)C3CC3)c3ccccc3F)CCC2S)CC1.Cl.Cl. The van der Waals surface area contributed by atoms with E-state index < -0.39 is 6.04 Å². The summed E-state index contributed by atoms with van der Waals surface area (Å²) in [6, 6.07) is 6.17. The number of halogens is 3. The molecule has 3 fully saturated rings. The summed E-state index contributed by atoms with van der Waals surface area (Å²) < 4.78 is 19.9. The number of piperidine rings is 2. The molecule has 0 radical (unpaired) electrons. The summed E-state index contributed by atoms with van der Waals surface area (Å²) in [4.78, 5) is 29.7. The Morgan fingerprint density at radius 1 is 1.09 bits per heavy atom. The number of nitrogens with zero attached hydrogens (tertiary/aromatic N) is 2. The van der Waals surface area contributed by atoms with E-state index in [1.54, 1.807) is 12.1 Å². The number of ketones is 1. The largest absolute Gasteiger partial charge is 0.466 e. The number of hydrogen-bond donors (Lipinski definition) is 1. The molecule has 0 bridgehead atoms. The highest BCUT2D eigenvalue weighted by Crippen LogP contribution is 2.39. The van der Waals surface area contributed by atoms with Gasteiger partial charge in [-0.1, -0.05) is 24.3 Å². The lowest BCUT2D eigenvalue weighted by Gasteiger charge is -2.38. The van der Waals surface area contributed by atoms with Crippen LogP contribution in [0.2, 0.25) is 0 Å². The Hall–Kier alpha value is -1.12. The van der Waals surface area contributed by atoms with Gasteiger partial charge in [0.2, 0.25) is 0 Å². The Morgan fingerprint density at radius 3 is 2.40 bits per heavy atom. The number of esters is 1.